The molecule has 0 unspecified atom stereocenters. The SMILES string of the molecule is Cc1c(CCl)nnn1-c1ccc2c(c1)CCC2. The normalized spacial score (nSPS) is 14.0. The third kappa shape index (κ3) is 1.75. The molecule has 0 spiro atoms. The summed E-state index contributed by atoms with van der Waals surface area (Å²) in [4.78, 5) is 0. The molecule has 3 nitrogen and oxygen atoms in total. The van der Waals surface area contributed by atoms with E-state index in [1.54, 1.807) is 0 Å². The Morgan fingerprint density at radius 1 is 1.29 bits per heavy atom. The van der Waals surface area contributed by atoms with E-state index in [9.17, 15) is 0 Å². The number of hydrogen-bond acceptors (Lipinski definition) is 2. The molecule has 0 aliphatic heterocycles. The van der Waals surface area contributed by atoms with Crippen LogP contribution in [0.5, 0.6) is 0 Å². The first kappa shape index (κ1) is 10.8. The number of fused-ring (bicyclic) bond motifs is 1. The zero-order valence-corrected chi connectivity index (χ0v) is 10.5. The Labute approximate surface area is 105 Å². The van der Waals surface area contributed by atoms with Crippen molar-refractivity contribution < 1.29 is 0 Å². The summed E-state index contributed by atoms with van der Waals surface area (Å²) in [7, 11) is 0. The first-order valence-electron chi connectivity index (χ1n) is 5.89. The number of nitrogens with zero attached hydrogens (tertiary/aromatic N) is 3. The van der Waals surface area contributed by atoms with Gasteiger partial charge in [0.15, 0.2) is 0 Å². The van der Waals surface area contributed by atoms with E-state index in [1.165, 1.54) is 30.4 Å². The van der Waals surface area contributed by atoms with Crippen molar-refractivity contribution in [3.63, 3.8) is 0 Å². The summed E-state index contributed by atoms with van der Waals surface area (Å²) in [6.07, 6.45) is 3.65. The van der Waals surface area contributed by atoms with E-state index in [4.69, 9.17) is 11.6 Å². The van der Waals surface area contributed by atoms with E-state index in [0.29, 0.717) is 5.88 Å². The maximum absolute atomic E-state index is 5.81. The summed E-state index contributed by atoms with van der Waals surface area (Å²) in [5.74, 6) is 0.413. The van der Waals surface area contributed by atoms with Crippen molar-refractivity contribution in [1.29, 1.82) is 0 Å². The van der Waals surface area contributed by atoms with E-state index >= 15 is 0 Å². The lowest BCUT2D eigenvalue weighted by molar-refractivity contribution is 0.783. The van der Waals surface area contributed by atoms with Gasteiger partial charge < -0.3 is 0 Å². The van der Waals surface area contributed by atoms with Gasteiger partial charge >= 0.3 is 0 Å². The zero-order chi connectivity index (χ0) is 11.8. The van der Waals surface area contributed by atoms with Gasteiger partial charge in [0.1, 0.15) is 5.69 Å². The van der Waals surface area contributed by atoms with Gasteiger partial charge in [-0.25, -0.2) is 4.68 Å². The summed E-state index contributed by atoms with van der Waals surface area (Å²) < 4.78 is 1.87. The van der Waals surface area contributed by atoms with E-state index in [1.807, 2.05) is 11.6 Å². The highest BCUT2D eigenvalue weighted by Gasteiger charge is 2.14. The third-order valence-corrected chi connectivity index (χ3v) is 3.70. The quantitative estimate of drug-likeness (QED) is 0.764. The van der Waals surface area contributed by atoms with E-state index in [0.717, 1.165) is 17.1 Å². The molecule has 0 saturated heterocycles. The van der Waals surface area contributed by atoms with Crippen LogP contribution in [-0.4, -0.2) is 15.0 Å². The lowest BCUT2D eigenvalue weighted by Crippen LogP contribution is -2.00. The number of halogens is 1. The minimum atomic E-state index is 0.413. The fourth-order valence-electron chi connectivity index (χ4n) is 2.42. The molecule has 3 rings (SSSR count). The van der Waals surface area contributed by atoms with Gasteiger partial charge in [-0.15, -0.1) is 16.7 Å². The predicted molar refractivity (Wildman–Crippen MR) is 67.7 cm³/mol. The van der Waals surface area contributed by atoms with E-state index in [2.05, 4.69) is 28.5 Å². The first-order chi connectivity index (χ1) is 8.29. The van der Waals surface area contributed by atoms with Gasteiger partial charge in [-0.05, 0) is 49.4 Å². The average molecular weight is 248 g/mol. The molecule has 0 amide bonds. The molecule has 0 saturated carbocycles. The molecular formula is C13H14ClN3. The van der Waals surface area contributed by atoms with Crippen LogP contribution in [0, 0.1) is 6.92 Å². The number of alkyl halides is 1. The maximum Gasteiger partial charge on any atom is 0.101 e. The number of hydrogen-bond donors (Lipinski definition) is 0. The number of aromatic nitrogens is 3. The second-order valence-corrected chi connectivity index (χ2v) is 4.74. The average Bonchev–Trinajstić information content (AvgIpc) is 2.94. The second-order valence-electron chi connectivity index (χ2n) is 4.47. The van der Waals surface area contributed by atoms with Crippen molar-refractivity contribution in [1.82, 2.24) is 15.0 Å². The molecule has 1 aliphatic carbocycles. The second kappa shape index (κ2) is 4.15. The van der Waals surface area contributed by atoms with Crippen LogP contribution >= 0.6 is 11.6 Å². The summed E-state index contributed by atoms with van der Waals surface area (Å²) >= 11 is 5.81. The maximum atomic E-state index is 5.81. The lowest BCUT2D eigenvalue weighted by atomic mass is 10.1. The van der Waals surface area contributed by atoms with E-state index in [-0.39, 0.29) is 0 Å². The zero-order valence-electron chi connectivity index (χ0n) is 9.78. The van der Waals surface area contributed by atoms with Gasteiger partial charge in [-0.2, -0.15) is 0 Å². The van der Waals surface area contributed by atoms with Crippen LogP contribution in [0.1, 0.15) is 28.9 Å². The predicted octanol–water partition coefficient (Wildman–Crippen LogP) is 2.80. The highest BCUT2D eigenvalue weighted by atomic mass is 35.5. The minimum Gasteiger partial charge on any atom is -0.218 e. The fraction of sp³-hybridized carbons (Fsp3) is 0.385. The van der Waals surface area contributed by atoms with Crippen molar-refractivity contribution in [2.24, 2.45) is 0 Å². The van der Waals surface area contributed by atoms with Crippen molar-refractivity contribution in [2.75, 3.05) is 0 Å². The Morgan fingerprint density at radius 2 is 2.12 bits per heavy atom. The van der Waals surface area contributed by atoms with Gasteiger partial charge in [-0.1, -0.05) is 11.3 Å². The third-order valence-electron chi connectivity index (χ3n) is 3.44. The van der Waals surface area contributed by atoms with Crippen LogP contribution in [0.3, 0.4) is 0 Å². The van der Waals surface area contributed by atoms with Crippen LogP contribution in [0.15, 0.2) is 18.2 Å². The van der Waals surface area contributed by atoms with Crippen LogP contribution < -0.4 is 0 Å². The molecule has 1 aromatic heterocycles. The van der Waals surface area contributed by atoms with Gasteiger partial charge in [0.2, 0.25) is 0 Å². The molecule has 88 valence electrons. The van der Waals surface area contributed by atoms with Crippen molar-refractivity contribution in [3.8, 4) is 5.69 Å². The Balaban J connectivity index is 2.06. The molecule has 0 atom stereocenters. The van der Waals surface area contributed by atoms with Crippen molar-refractivity contribution in [3.05, 3.63) is 40.7 Å². The fourth-order valence-corrected chi connectivity index (χ4v) is 2.67. The molecule has 1 aliphatic rings. The summed E-state index contributed by atoms with van der Waals surface area (Å²) in [5, 5.41) is 8.25. The van der Waals surface area contributed by atoms with Crippen LogP contribution in [0.4, 0.5) is 0 Å². The molecule has 17 heavy (non-hydrogen) atoms. The monoisotopic (exact) mass is 247 g/mol. The van der Waals surface area contributed by atoms with Crippen LogP contribution in [0.2, 0.25) is 0 Å². The van der Waals surface area contributed by atoms with E-state index < -0.39 is 0 Å². The standard InChI is InChI=1S/C13H14ClN3/c1-9-13(8-14)15-16-17(9)12-6-5-10-3-2-4-11(10)7-12/h5-7H,2-4,8H2,1H3. The summed E-state index contributed by atoms with van der Waals surface area (Å²) in [5.41, 5.74) is 5.89. The number of rotatable bonds is 2. The van der Waals surface area contributed by atoms with Crippen LogP contribution in [-0.2, 0) is 18.7 Å². The Kier molecular flexibility index (Phi) is 2.63. The Hall–Kier alpha value is -1.35. The largest absolute Gasteiger partial charge is 0.218 e. The van der Waals surface area contributed by atoms with Gasteiger partial charge in [0.25, 0.3) is 0 Å². The van der Waals surface area contributed by atoms with Gasteiger partial charge in [0.05, 0.1) is 17.3 Å². The Morgan fingerprint density at radius 3 is 2.88 bits per heavy atom. The highest BCUT2D eigenvalue weighted by Crippen LogP contribution is 2.24. The number of aryl methyl sites for hydroxylation is 2. The highest BCUT2D eigenvalue weighted by molar-refractivity contribution is 6.16. The molecule has 0 bridgehead atoms. The first-order valence-corrected chi connectivity index (χ1v) is 6.42. The topological polar surface area (TPSA) is 30.7 Å². The van der Waals surface area contributed by atoms with Gasteiger partial charge in [-0.3, -0.25) is 0 Å². The molecule has 0 fully saturated rings. The molecular weight excluding hydrogens is 234 g/mol. The molecule has 1 aromatic carbocycles. The molecule has 4 heteroatoms. The van der Waals surface area contributed by atoms with Crippen molar-refractivity contribution in [2.45, 2.75) is 32.1 Å². The molecule has 0 N–H and O–H groups in total. The smallest absolute Gasteiger partial charge is 0.101 e. The molecule has 1 heterocycles. The van der Waals surface area contributed by atoms with Crippen LogP contribution in [0.25, 0.3) is 5.69 Å². The lowest BCUT2D eigenvalue weighted by Gasteiger charge is -2.06. The summed E-state index contributed by atoms with van der Waals surface area (Å²) in [6.45, 7) is 2.00. The minimum absolute atomic E-state index is 0.413. The van der Waals surface area contributed by atoms with Gasteiger partial charge in [0, 0.05) is 0 Å². The Bertz CT molecular complexity index is 560. The van der Waals surface area contributed by atoms with Crippen molar-refractivity contribution >= 4 is 11.6 Å². The summed E-state index contributed by atoms with van der Waals surface area (Å²) in [6, 6.07) is 6.55. The molecule has 2 aromatic rings. The molecule has 0 radical (unpaired) electrons. The number of benzene rings is 1.